The fraction of sp³-hybridized carbons (Fsp3) is 0.0556. The van der Waals surface area contributed by atoms with Crippen molar-refractivity contribution in [2.75, 3.05) is 0 Å². The van der Waals surface area contributed by atoms with Gasteiger partial charge in [-0.1, -0.05) is 24.3 Å². The second-order valence-electron chi connectivity index (χ2n) is 5.22. The molecule has 1 aromatic heterocycles. The molecule has 0 unspecified atom stereocenters. The van der Waals surface area contributed by atoms with Crippen LogP contribution in [0.15, 0.2) is 67.8 Å². The van der Waals surface area contributed by atoms with E-state index in [1.807, 2.05) is 6.07 Å². The third-order valence-corrected chi connectivity index (χ3v) is 4.37. The van der Waals surface area contributed by atoms with Crippen LogP contribution in [0.5, 0.6) is 0 Å². The first-order valence-electron chi connectivity index (χ1n) is 7.45. The van der Waals surface area contributed by atoms with Crippen molar-refractivity contribution in [3.05, 3.63) is 70.0 Å². The van der Waals surface area contributed by atoms with Gasteiger partial charge >= 0.3 is 0 Å². The average Bonchev–Trinajstić information content (AvgIpc) is 3.27. The van der Waals surface area contributed by atoms with Crippen LogP contribution in [0.2, 0.25) is 0 Å². The maximum atomic E-state index is 12.4. The number of amidine groups is 1. The Morgan fingerprint density at radius 2 is 1.77 bits per heavy atom. The van der Waals surface area contributed by atoms with Gasteiger partial charge in [0.2, 0.25) is 0 Å². The zero-order valence-electron chi connectivity index (χ0n) is 13.6. The number of carbonyl (C=O) groups excluding carboxylic acids is 2. The largest absolute Gasteiger partial charge is 0.463 e. The molecule has 0 saturated carbocycles. The van der Waals surface area contributed by atoms with Crippen LogP contribution >= 0.6 is 11.8 Å². The molecule has 0 radical (unpaired) electrons. The summed E-state index contributed by atoms with van der Waals surface area (Å²) in [5.74, 6) is -0.447. The Kier molecular flexibility index (Phi) is 4.82. The fourth-order valence-corrected chi connectivity index (χ4v) is 2.99. The fourth-order valence-electron chi connectivity index (χ4n) is 2.37. The number of ketones is 2. The van der Waals surface area contributed by atoms with Crippen LogP contribution in [-0.2, 0) is 0 Å². The second kappa shape index (κ2) is 7.21. The van der Waals surface area contributed by atoms with Crippen molar-refractivity contribution >= 4 is 34.2 Å². The number of allylic oxidation sites excluding steroid dienone is 2. The molecule has 0 bridgehead atoms. The molecule has 0 atom stereocenters. The van der Waals surface area contributed by atoms with Crippen LogP contribution < -0.4 is 5.73 Å². The lowest BCUT2D eigenvalue weighted by Crippen LogP contribution is -2.10. The van der Waals surface area contributed by atoms with Gasteiger partial charge in [0.15, 0.2) is 16.7 Å². The highest BCUT2D eigenvalue weighted by Crippen LogP contribution is 2.32. The molecule has 3 rings (SSSR count). The predicted molar refractivity (Wildman–Crippen MR) is 97.9 cm³/mol. The number of fused-ring (bicyclic) bond motifs is 1. The third-order valence-electron chi connectivity index (χ3n) is 3.58. The van der Waals surface area contributed by atoms with E-state index in [4.69, 9.17) is 10.2 Å². The van der Waals surface area contributed by atoms with E-state index in [0.717, 1.165) is 11.8 Å². The van der Waals surface area contributed by atoms with E-state index in [2.05, 4.69) is 10.2 Å². The number of nitrogens with zero attached hydrogens (tertiary/aromatic N) is 3. The number of carbonyl (C=O) groups is 2. The Bertz CT molecular complexity index is 990. The number of hydrogen-bond acceptors (Lipinski definition) is 7. The molecule has 1 aliphatic carbocycles. The van der Waals surface area contributed by atoms with E-state index in [-0.39, 0.29) is 26.8 Å². The topological polar surface area (TPSA) is 122 Å². The van der Waals surface area contributed by atoms with Crippen LogP contribution in [0.1, 0.15) is 33.4 Å². The molecule has 2 aromatic rings. The van der Waals surface area contributed by atoms with E-state index in [9.17, 15) is 14.9 Å². The highest BCUT2D eigenvalue weighted by molar-refractivity contribution is 8.17. The number of thioether (sulfide) groups is 1. The van der Waals surface area contributed by atoms with Gasteiger partial charge in [-0.25, -0.2) is 0 Å². The van der Waals surface area contributed by atoms with Gasteiger partial charge in [0.25, 0.3) is 0 Å². The van der Waals surface area contributed by atoms with Gasteiger partial charge in [-0.05, 0) is 30.8 Å². The van der Waals surface area contributed by atoms with Crippen LogP contribution in [0.25, 0.3) is 0 Å². The van der Waals surface area contributed by atoms with Crippen molar-refractivity contribution in [2.45, 2.75) is 6.92 Å². The van der Waals surface area contributed by atoms with Crippen LogP contribution in [-0.4, -0.2) is 22.4 Å². The van der Waals surface area contributed by atoms with Gasteiger partial charge in [-0.2, -0.15) is 5.26 Å². The quantitative estimate of drug-likeness (QED) is 0.223. The van der Waals surface area contributed by atoms with Crippen molar-refractivity contribution in [2.24, 2.45) is 15.9 Å². The van der Waals surface area contributed by atoms with Gasteiger partial charge in [-0.15, -0.1) is 10.2 Å². The van der Waals surface area contributed by atoms with Crippen molar-refractivity contribution in [1.82, 2.24) is 0 Å². The molecule has 2 N–H and O–H groups in total. The van der Waals surface area contributed by atoms with Crippen molar-refractivity contribution < 1.29 is 14.0 Å². The minimum absolute atomic E-state index is 0.0727. The molecular formula is C18H12N4O3S. The molecule has 26 heavy (non-hydrogen) atoms. The Morgan fingerprint density at radius 3 is 2.31 bits per heavy atom. The maximum absolute atomic E-state index is 12.4. The third kappa shape index (κ3) is 3.20. The van der Waals surface area contributed by atoms with Gasteiger partial charge in [-0.3, -0.25) is 9.59 Å². The molecule has 0 amide bonds. The van der Waals surface area contributed by atoms with Crippen LogP contribution in [0.4, 0.5) is 0 Å². The van der Waals surface area contributed by atoms with Crippen LogP contribution in [0, 0.1) is 11.3 Å². The summed E-state index contributed by atoms with van der Waals surface area (Å²) < 4.78 is 5.18. The van der Waals surface area contributed by atoms with E-state index >= 15 is 0 Å². The number of Topliss-reactive ketones (excluding diaryl/α,β-unsaturated/α-hetero) is 2. The summed E-state index contributed by atoms with van der Waals surface area (Å²) in [4.78, 5) is 24.8. The summed E-state index contributed by atoms with van der Waals surface area (Å²) in [5, 5.41) is 17.0. The monoisotopic (exact) mass is 364 g/mol. The smallest absolute Gasteiger partial charge is 0.199 e. The SMILES string of the molecule is C/C(=N/N=C(\N)SC(C#N)=C1C(=O)c2ccccc2C1=O)c1ccco1. The molecule has 128 valence electrons. The van der Waals surface area contributed by atoms with E-state index in [1.165, 1.54) is 6.26 Å². The molecule has 0 saturated heterocycles. The van der Waals surface area contributed by atoms with Crippen molar-refractivity contribution in [3.63, 3.8) is 0 Å². The van der Waals surface area contributed by atoms with Gasteiger partial charge in [0, 0.05) is 11.1 Å². The molecule has 1 aliphatic rings. The first-order valence-corrected chi connectivity index (χ1v) is 8.27. The predicted octanol–water partition coefficient (Wildman–Crippen LogP) is 2.91. The number of benzene rings is 1. The lowest BCUT2D eigenvalue weighted by atomic mass is 10.1. The van der Waals surface area contributed by atoms with Crippen molar-refractivity contribution in [3.8, 4) is 6.07 Å². The molecule has 8 heteroatoms. The van der Waals surface area contributed by atoms with Crippen LogP contribution in [0.3, 0.4) is 0 Å². The number of hydrogen-bond donors (Lipinski definition) is 1. The Labute approximate surface area is 152 Å². The second-order valence-corrected chi connectivity index (χ2v) is 6.25. The summed E-state index contributed by atoms with van der Waals surface area (Å²) in [5.41, 5.74) is 6.64. The Hall–Kier alpha value is -3.44. The molecular weight excluding hydrogens is 352 g/mol. The zero-order chi connectivity index (χ0) is 18.7. The lowest BCUT2D eigenvalue weighted by molar-refractivity contribution is 0.0988. The highest BCUT2D eigenvalue weighted by Gasteiger charge is 2.35. The minimum atomic E-state index is -0.488. The summed E-state index contributed by atoms with van der Waals surface area (Å²) in [6, 6.07) is 11.7. The number of nitrogens with two attached hydrogens (primary N) is 1. The lowest BCUT2D eigenvalue weighted by Gasteiger charge is -2.00. The number of rotatable bonds is 3. The molecule has 0 aliphatic heterocycles. The van der Waals surface area contributed by atoms with E-state index in [0.29, 0.717) is 11.5 Å². The average molecular weight is 364 g/mol. The minimum Gasteiger partial charge on any atom is -0.463 e. The summed E-state index contributed by atoms with van der Waals surface area (Å²) in [6.07, 6.45) is 1.50. The Morgan fingerprint density at radius 1 is 1.12 bits per heavy atom. The molecule has 0 spiro atoms. The zero-order valence-corrected chi connectivity index (χ0v) is 14.4. The maximum Gasteiger partial charge on any atom is 0.199 e. The number of nitriles is 1. The normalized spacial score (nSPS) is 14.4. The molecule has 7 nitrogen and oxygen atoms in total. The van der Waals surface area contributed by atoms with Gasteiger partial charge < -0.3 is 10.2 Å². The number of furan rings is 1. The van der Waals surface area contributed by atoms with E-state index < -0.39 is 11.6 Å². The standard InChI is InChI=1S/C18H12N4O3S/c1-10(13-7-4-8-25-13)21-22-18(20)26-14(9-19)15-16(23)11-5-2-3-6-12(11)17(15)24/h2-8H,1H3,(H2,20,22)/b21-10-. The highest BCUT2D eigenvalue weighted by atomic mass is 32.2. The molecule has 1 heterocycles. The summed E-state index contributed by atoms with van der Waals surface area (Å²) in [6.45, 7) is 1.69. The van der Waals surface area contributed by atoms with Crippen molar-refractivity contribution in [1.29, 1.82) is 5.26 Å². The first-order chi connectivity index (χ1) is 12.5. The van der Waals surface area contributed by atoms with E-state index in [1.54, 1.807) is 43.3 Å². The molecule has 1 aromatic carbocycles. The molecule has 0 fully saturated rings. The van der Waals surface area contributed by atoms with Gasteiger partial charge in [0.1, 0.15) is 22.4 Å². The van der Waals surface area contributed by atoms with Gasteiger partial charge in [0.05, 0.1) is 11.8 Å². The first kappa shape index (κ1) is 17.4. The summed E-state index contributed by atoms with van der Waals surface area (Å²) >= 11 is 0.726. The summed E-state index contributed by atoms with van der Waals surface area (Å²) in [7, 11) is 0. The Balaban J connectivity index is 1.89.